The quantitative estimate of drug-likeness (QED) is 0.0195. The van der Waals surface area contributed by atoms with Crippen molar-refractivity contribution < 1.29 is 42.1 Å². The van der Waals surface area contributed by atoms with E-state index in [0.717, 1.165) is 70.6 Å². The van der Waals surface area contributed by atoms with Gasteiger partial charge in [-0.2, -0.15) is 0 Å². The van der Waals surface area contributed by atoms with Crippen LogP contribution in [0.2, 0.25) is 0 Å². The minimum absolute atomic E-state index is 0.0325. The van der Waals surface area contributed by atoms with Gasteiger partial charge in [0.15, 0.2) is 6.10 Å². The third-order valence-corrected chi connectivity index (χ3v) is 13.9. The van der Waals surface area contributed by atoms with Crippen LogP contribution >= 0.6 is 7.82 Å². The number of phosphoric ester groups is 1. The van der Waals surface area contributed by atoms with E-state index in [1.807, 2.05) is 21.1 Å². The minimum Gasteiger partial charge on any atom is -0.756 e. The summed E-state index contributed by atoms with van der Waals surface area (Å²) in [6, 6.07) is 0. The molecular weight excluding hydrogens is 882 g/mol. The van der Waals surface area contributed by atoms with Crippen molar-refractivity contribution in [3.8, 4) is 0 Å². The predicted molar refractivity (Wildman–Crippen MR) is 291 cm³/mol. The minimum atomic E-state index is -4.64. The SMILES string of the molecule is CCCCC/C=C\C/C=C\C/C=C\CCCCCCCCC(=O)OC(COC(=O)CCCCCCCCCCCCCCCCCCCCCCCCCCCC)COP(=O)([O-])OCC[N+](C)(C)C. The Hall–Kier alpha value is -1.77. The molecule has 0 bridgehead atoms. The smallest absolute Gasteiger partial charge is 0.306 e. The van der Waals surface area contributed by atoms with E-state index in [9.17, 15) is 19.0 Å². The molecule has 9 nitrogen and oxygen atoms in total. The van der Waals surface area contributed by atoms with Gasteiger partial charge in [-0.15, -0.1) is 0 Å². The van der Waals surface area contributed by atoms with Crippen molar-refractivity contribution in [3.05, 3.63) is 36.5 Å². The van der Waals surface area contributed by atoms with Gasteiger partial charge in [0.1, 0.15) is 19.8 Å². The highest BCUT2D eigenvalue weighted by atomic mass is 31.2. The summed E-state index contributed by atoms with van der Waals surface area (Å²) in [5, 5.41) is 0. The standard InChI is InChI=1S/C59H112NO8P/c1-6-8-10-12-14-16-18-20-22-24-26-27-28-29-30-31-32-34-35-37-39-41-43-45-47-49-51-58(61)65-55-57(56-67-69(63,64)66-54-53-60(3,4)5)68-59(62)52-50-48-46-44-42-40-38-36-33-25-23-21-19-17-15-13-11-9-7-2/h15,17,21,23,33,36,57H,6-14,16,18-20,22,24-32,34-35,37-56H2,1-5H3/b17-15-,23-21-,36-33-. The molecule has 406 valence electrons. The maximum absolute atomic E-state index is 12.8. The van der Waals surface area contributed by atoms with Crippen LogP contribution in [-0.4, -0.2) is 70.0 Å². The van der Waals surface area contributed by atoms with Gasteiger partial charge in [0.25, 0.3) is 7.82 Å². The molecular formula is C59H112NO8P. The monoisotopic (exact) mass is 994 g/mol. The summed E-state index contributed by atoms with van der Waals surface area (Å²) in [7, 11) is 1.17. The van der Waals surface area contributed by atoms with Gasteiger partial charge in [-0.25, -0.2) is 0 Å². The van der Waals surface area contributed by atoms with Crippen LogP contribution in [0.5, 0.6) is 0 Å². The topological polar surface area (TPSA) is 111 Å². The fourth-order valence-electron chi connectivity index (χ4n) is 8.37. The van der Waals surface area contributed by atoms with E-state index in [1.54, 1.807) is 0 Å². The number of likely N-dealkylation sites (N-methyl/N-ethyl adjacent to an activating group) is 1. The number of phosphoric acid groups is 1. The Morgan fingerprint density at radius 2 is 0.783 bits per heavy atom. The van der Waals surface area contributed by atoms with Crippen LogP contribution in [0.3, 0.4) is 0 Å². The molecule has 10 heteroatoms. The van der Waals surface area contributed by atoms with Crippen molar-refractivity contribution in [1.29, 1.82) is 0 Å². The third kappa shape index (κ3) is 55.4. The molecule has 69 heavy (non-hydrogen) atoms. The zero-order chi connectivity index (χ0) is 50.6. The Morgan fingerprint density at radius 3 is 1.19 bits per heavy atom. The van der Waals surface area contributed by atoms with Crippen molar-refractivity contribution in [2.45, 2.75) is 283 Å². The highest BCUT2D eigenvalue weighted by Crippen LogP contribution is 2.38. The summed E-state index contributed by atoms with van der Waals surface area (Å²) in [4.78, 5) is 37.8. The number of hydrogen-bond donors (Lipinski definition) is 0. The maximum atomic E-state index is 12.8. The predicted octanol–water partition coefficient (Wildman–Crippen LogP) is 17.4. The lowest BCUT2D eigenvalue weighted by atomic mass is 10.0. The highest BCUT2D eigenvalue weighted by molar-refractivity contribution is 7.45. The lowest BCUT2D eigenvalue weighted by Crippen LogP contribution is -2.37. The first-order chi connectivity index (χ1) is 33.5. The molecule has 2 atom stereocenters. The van der Waals surface area contributed by atoms with Crippen LogP contribution < -0.4 is 4.89 Å². The van der Waals surface area contributed by atoms with Gasteiger partial charge in [0.05, 0.1) is 27.7 Å². The second kappa shape index (κ2) is 51.1. The molecule has 0 aromatic heterocycles. The number of quaternary nitrogens is 1. The van der Waals surface area contributed by atoms with Gasteiger partial charge < -0.3 is 27.9 Å². The summed E-state index contributed by atoms with van der Waals surface area (Å²) in [6.45, 7) is 4.24. The van der Waals surface area contributed by atoms with Gasteiger partial charge in [-0.05, 0) is 51.4 Å². The molecule has 0 rings (SSSR count). The molecule has 0 aromatic rings. The Kier molecular flexibility index (Phi) is 49.8. The van der Waals surface area contributed by atoms with E-state index >= 15 is 0 Å². The number of rotatable bonds is 54. The Balaban J connectivity index is 4.12. The largest absolute Gasteiger partial charge is 0.756 e. The normalized spacial score (nSPS) is 13.5. The van der Waals surface area contributed by atoms with Gasteiger partial charge in [0, 0.05) is 12.8 Å². The Morgan fingerprint density at radius 1 is 0.449 bits per heavy atom. The van der Waals surface area contributed by atoms with Crippen molar-refractivity contribution >= 4 is 19.8 Å². The number of allylic oxidation sites excluding steroid dienone is 6. The molecule has 0 aliphatic rings. The first-order valence-electron chi connectivity index (χ1n) is 29.2. The van der Waals surface area contributed by atoms with E-state index in [-0.39, 0.29) is 32.0 Å². The first-order valence-corrected chi connectivity index (χ1v) is 30.7. The van der Waals surface area contributed by atoms with Gasteiger partial charge >= 0.3 is 11.9 Å². The number of carbonyl (C=O) groups is 2. The van der Waals surface area contributed by atoms with Crippen LogP contribution in [0.25, 0.3) is 0 Å². The molecule has 0 spiro atoms. The second-order valence-corrected chi connectivity index (χ2v) is 22.4. The van der Waals surface area contributed by atoms with Crippen molar-refractivity contribution in [1.82, 2.24) is 0 Å². The highest BCUT2D eigenvalue weighted by Gasteiger charge is 2.22. The van der Waals surface area contributed by atoms with Gasteiger partial charge in [-0.1, -0.05) is 249 Å². The molecule has 0 N–H and O–H groups in total. The molecule has 0 radical (unpaired) electrons. The fourth-order valence-corrected chi connectivity index (χ4v) is 9.10. The molecule has 0 fully saturated rings. The van der Waals surface area contributed by atoms with Crippen LogP contribution in [-0.2, 0) is 32.7 Å². The van der Waals surface area contributed by atoms with E-state index in [1.165, 1.54) is 173 Å². The number of nitrogens with zero attached hydrogens (tertiary/aromatic N) is 1. The molecule has 0 aliphatic heterocycles. The van der Waals surface area contributed by atoms with E-state index < -0.39 is 26.5 Å². The average molecular weight is 995 g/mol. The number of carbonyl (C=O) groups excluding carboxylic acids is 2. The molecule has 0 amide bonds. The summed E-state index contributed by atoms with van der Waals surface area (Å²) < 4.78 is 34.1. The lowest BCUT2D eigenvalue weighted by molar-refractivity contribution is -0.870. The van der Waals surface area contributed by atoms with E-state index in [0.29, 0.717) is 17.4 Å². The average Bonchev–Trinajstić information content (AvgIpc) is 3.31. The summed E-state index contributed by atoms with van der Waals surface area (Å²) in [5.74, 6) is -0.836. The molecule has 0 aromatic carbocycles. The summed E-state index contributed by atoms with van der Waals surface area (Å²) >= 11 is 0. The Labute approximate surface area is 427 Å². The zero-order valence-corrected chi connectivity index (χ0v) is 46.9. The zero-order valence-electron chi connectivity index (χ0n) is 46.0. The van der Waals surface area contributed by atoms with Crippen LogP contribution in [0, 0.1) is 0 Å². The molecule has 0 saturated carbocycles. The summed E-state index contributed by atoms with van der Waals surface area (Å²) in [6.07, 6.45) is 61.9. The Bertz CT molecular complexity index is 1260. The number of unbranched alkanes of at least 4 members (excludes halogenated alkanes) is 34. The summed E-state index contributed by atoms with van der Waals surface area (Å²) in [5.41, 5.74) is 0. The van der Waals surface area contributed by atoms with Crippen LogP contribution in [0.1, 0.15) is 277 Å². The number of hydrogen-bond acceptors (Lipinski definition) is 8. The number of esters is 2. The van der Waals surface area contributed by atoms with E-state index in [2.05, 4.69) is 50.3 Å². The first kappa shape index (κ1) is 67.2. The molecule has 0 saturated heterocycles. The molecule has 0 heterocycles. The van der Waals surface area contributed by atoms with Gasteiger partial charge in [-0.3, -0.25) is 14.2 Å². The van der Waals surface area contributed by atoms with Crippen LogP contribution in [0.15, 0.2) is 36.5 Å². The van der Waals surface area contributed by atoms with Gasteiger partial charge in [0.2, 0.25) is 0 Å². The van der Waals surface area contributed by atoms with Crippen LogP contribution in [0.4, 0.5) is 0 Å². The fraction of sp³-hybridized carbons (Fsp3) is 0.864. The maximum Gasteiger partial charge on any atom is 0.306 e. The molecule has 0 aliphatic carbocycles. The lowest BCUT2D eigenvalue weighted by Gasteiger charge is -2.28. The van der Waals surface area contributed by atoms with Crippen molar-refractivity contribution in [3.63, 3.8) is 0 Å². The molecule has 2 unspecified atom stereocenters. The van der Waals surface area contributed by atoms with Crippen molar-refractivity contribution in [2.75, 3.05) is 47.5 Å². The van der Waals surface area contributed by atoms with Crippen molar-refractivity contribution in [2.24, 2.45) is 0 Å². The number of ether oxygens (including phenoxy) is 2. The third-order valence-electron chi connectivity index (χ3n) is 12.9. The van der Waals surface area contributed by atoms with E-state index in [4.69, 9.17) is 18.5 Å². The second-order valence-electron chi connectivity index (χ2n) is 21.0.